The van der Waals surface area contributed by atoms with E-state index in [-0.39, 0.29) is 0 Å². The van der Waals surface area contributed by atoms with Crippen molar-refractivity contribution in [3.63, 3.8) is 0 Å². The van der Waals surface area contributed by atoms with Gasteiger partial charge < -0.3 is 4.42 Å². The van der Waals surface area contributed by atoms with Crippen molar-refractivity contribution in [2.75, 3.05) is 5.75 Å². The van der Waals surface area contributed by atoms with Crippen LogP contribution in [0.5, 0.6) is 0 Å². The van der Waals surface area contributed by atoms with E-state index in [1.165, 1.54) is 0 Å². The molecule has 0 amide bonds. The van der Waals surface area contributed by atoms with Crippen molar-refractivity contribution in [1.82, 2.24) is 15.2 Å². The highest BCUT2D eigenvalue weighted by Crippen LogP contribution is 2.21. The second-order valence-electron chi connectivity index (χ2n) is 3.73. The number of oxazole rings is 1. The maximum atomic E-state index is 5.66. The lowest BCUT2D eigenvalue weighted by molar-refractivity contribution is 0.526. The van der Waals surface area contributed by atoms with Crippen molar-refractivity contribution in [2.45, 2.75) is 17.2 Å². The molecule has 0 unspecified atom stereocenters. The van der Waals surface area contributed by atoms with Gasteiger partial charge in [0.2, 0.25) is 0 Å². The molecule has 0 atom stereocenters. The zero-order chi connectivity index (χ0) is 12.2. The Kier molecular flexibility index (Phi) is 3.56. The van der Waals surface area contributed by atoms with E-state index in [0.717, 1.165) is 39.9 Å². The third-order valence-electron chi connectivity index (χ3n) is 2.44. The van der Waals surface area contributed by atoms with Gasteiger partial charge in [-0.1, -0.05) is 35.2 Å². The average Bonchev–Trinajstić information content (AvgIpc) is 3.03. The molecular formula is C12H11N3OS2. The van der Waals surface area contributed by atoms with Crippen LogP contribution >= 0.6 is 23.1 Å². The van der Waals surface area contributed by atoms with E-state index in [4.69, 9.17) is 4.42 Å². The Morgan fingerprint density at radius 1 is 1.28 bits per heavy atom. The van der Waals surface area contributed by atoms with Crippen LogP contribution in [-0.4, -0.2) is 20.9 Å². The van der Waals surface area contributed by atoms with Crippen LogP contribution in [0.1, 0.15) is 12.3 Å². The van der Waals surface area contributed by atoms with Gasteiger partial charge in [-0.15, -0.1) is 10.2 Å². The molecular weight excluding hydrogens is 266 g/mol. The summed E-state index contributed by atoms with van der Waals surface area (Å²) >= 11 is 3.30. The number of rotatable bonds is 5. The third-order valence-corrected chi connectivity index (χ3v) is 4.39. The molecule has 0 bridgehead atoms. The number of nitrogens with zero attached hydrogens (tertiary/aromatic N) is 3. The average molecular weight is 277 g/mol. The fourth-order valence-corrected chi connectivity index (χ4v) is 3.13. The van der Waals surface area contributed by atoms with Crippen LogP contribution in [0.25, 0.3) is 11.1 Å². The van der Waals surface area contributed by atoms with E-state index >= 15 is 0 Å². The number of fused-ring (bicyclic) bond motifs is 1. The van der Waals surface area contributed by atoms with E-state index < -0.39 is 0 Å². The van der Waals surface area contributed by atoms with Crippen molar-refractivity contribution in [2.24, 2.45) is 0 Å². The molecule has 0 saturated carbocycles. The normalized spacial score (nSPS) is 11.1. The summed E-state index contributed by atoms with van der Waals surface area (Å²) in [4.78, 5) is 4.45. The molecule has 2 aromatic heterocycles. The van der Waals surface area contributed by atoms with Crippen LogP contribution in [0.4, 0.5) is 0 Å². The molecule has 3 aromatic rings. The van der Waals surface area contributed by atoms with E-state index in [2.05, 4.69) is 15.2 Å². The molecule has 6 heteroatoms. The van der Waals surface area contributed by atoms with E-state index in [1.54, 1.807) is 28.6 Å². The van der Waals surface area contributed by atoms with Crippen LogP contribution in [-0.2, 0) is 6.42 Å². The standard InChI is InChI=1S/C12H11N3OS2/c1-2-5-10-9(4-1)14-11(16-10)6-3-7-17-12-15-13-8-18-12/h1-2,4-5,8H,3,6-7H2. The third kappa shape index (κ3) is 2.70. The zero-order valence-electron chi connectivity index (χ0n) is 9.57. The SMILES string of the molecule is c1ccc2oc(CCCSc3nncs3)nc2c1. The lowest BCUT2D eigenvalue weighted by Gasteiger charge is -1.94. The zero-order valence-corrected chi connectivity index (χ0v) is 11.2. The predicted molar refractivity (Wildman–Crippen MR) is 73.0 cm³/mol. The molecule has 2 heterocycles. The van der Waals surface area contributed by atoms with Crippen LogP contribution in [0, 0.1) is 0 Å². The summed E-state index contributed by atoms with van der Waals surface area (Å²) in [5.74, 6) is 1.82. The highest BCUT2D eigenvalue weighted by Gasteiger charge is 2.05. The second-order valence-corrected chi connectivity index (χ2v) is 5.91. The number of aromatic nitrogens is 3. The monoisotopic (exact) mass is 277 g/mol. The minimum Gasteiger partial charge on any atom is -0.441 e. The Labute approximate surface area is 112 Å². The van der Waals surface area contributed by atoms with Gasteiger partial charge in [0.15, 0.2) is 15.8 Å². The Morgan fingerprint density at radius 3 is 3.06 bits per heavy atom. The molecule has 0 aliphatic rings. The summed E-state index contributed by atoms with van der Waals surface area (Å²) in [5, 5.41) is 7.79. The minimum atomic E-state index is 0.814. The fraction of sp³-hybridized carbons (Fsp3) is 0.250. The molecule has 0 N–H and O–H groups in total. The smallest absolute Gasteiger partial charge is 0.195 e. The summed E-state index contributed by atoms with van der Waals surface area (Å²) in [6, 6.07) is 7.85. The molecule has 3 rings (SSSR count). The summed E-state index contributed by atoms with van der Waals surface area (Å²) < 4.78 is 6.68. The molecule has 0 saturated heterocycles. The number of benzene rings is 1. The topological polar surface area (TPSA) is 51.8 Å². The maximum Gasteiger partial charge on any atom is 0.195 e. The van der Waals surface area contributed by atoms with Gasteiger partial charge in [0.1, 0.15) is 11.0 Å². The number of thioether (sulfide) groups is 1. The van der Waals surface area contributed by atoms with Gasteiger partial charge in [0, 0.05) is 12.2 Å². The van der Waals surface area contributed by atoms with Crippen LogP contribution in [0.2, 0.25) is 0 Å². The molecule has 0 aliphatic heterocycles. The summed E-state index contributed by atoms with van der Waals surface area (Å²) in [7, 11) is 0. The highest BCUT2D eigenvalue weighted by molar-refractivity contribution is 8.00. The van der Waals surface area contributed by atoms with Gasteiger partial charge in [-0.2, -0.15) is 0 Å². The van der Waals surface area contributed by atoms with Crippen molar-refractivity contribution < 1.29 is 4.42 Å². The summed E-state index contributed by atoms with van der Waals surface area (Å²) in [6.45, 7) is 0. The van der Waals surface area contributed by atoms with E-state index in [1.807, 2.05) is 24.3 Å². The summed E-state index contributed by atoms with van der Waals surface area (Å²) in [6.07, 6.45) is 1.89. The van der Waals surface area contributed by atoms with Gasteiger partial charge >= 0.3 is 0 Å². The predicted octanol–water partition coefficient (Wildman–Crippen LogP) is 3.40. The second kappa shape index (κ2) is 5.49. The van der Waals surface area contributed by atoms with E-state index in [0.29, 0.717) is 0 Å². The van der Waals surface area contributed by atoms with Crippen LogP contribution in [0.3, 0.4) is 0 Å². The lowest BCUT2D eigenvalue weighted by Crippen LogP contribution is -1.87. The van der Waals surface area contributed by atoms with Gasteiger partial charge in [-0.3, -0.25) is 0 Å². The van der Waals surface area contributed by atoms with Crippen LogP contribution < -0.4 is 0 Å². The van der Waals surface area contributed by atoms with Crippen molar-refractivity contribution in [3.05, 3.63) is 35.7 Å². The van der Waals surface area contributed by atoms with Crippen molar-refractivity contribution in [3.8, 4) is 0 Å². The summed E-state index contributed by atoms with van der Waals surface area (Å²) in [5.41, 5.74) is 3.55. The minimum absolute atomic E-state index is 0.814. The Bertz CT molecular complexity index is 588. The molecule has 4 nitrogen and oxygen atoms in total. The van der Waals surface area contributed by atoms with Gasteiger partial charge in [-0.25, -0.2) is 4.98 Å². The van der Waals surface area contributed by atoms with Crippen molar-refractivity contribution >= 4 is 34.2 Å². The fourth-order valence-electron chi connectivity index (χ4n) is 1.64. The van der Waals surface area contributed by atoms with Crippen molar-refractivity contribution in [1.29, 1.82) is 0 Å². The van der Waals surface area contributed by atoms with Crippen LogP contribution in [0.15, 0.2) is 38.5 Å². The lowest BCUT2D eigenvalue weighted by atomic mass is 10.3. The van der Waals surface area contributed by atoms with Gasteiger partial charge in [0.05, 0.1) is 0 Å². The molecule has 1 aromatic carbocycles. The molecule has 0 spiro atoms. The first-order valence-electron chi connectivity index (χ1n) is 5.65. The number of para-hydroxylation sites is 2. The molecule has 0 radical (unpaired) electrons. The first kappa shape index (κ1) is 11.7. The number of hydrogen-bond donors (Lipinski definition) is 0. The first-order valence-corrected chi connectivity index (χ1v) is 7.52. The Hall–Kier alpha value is -1.40. The van der Waals surface area contributed by atoms with E-state index in [9.17, 15) is 0 Å². The quantitative estimate of drug-likeness (QED) is 0.528. The molecule has 18 heavy (non-hydrogen) atoms. The first-order chi connectivity index (χ1) is 8.92. The highest BCUT2D eigenvalue weighted by atomic mass is 32.2. The van der Waals surface area contributed by atoms with Gasteiger partial charge in [0.25, 0.3) is 0 Å². The maximum absolute atomic E-state index is 5.66. The number of aryl methyl sites for hydroxylation is 1. The molecule has 92 valence electrons. The van der Waals surface area contributed by atoms with Gasteiger partial charge in [-0.05, 0) is 18.6 Å². The molecule has 0 aliphatic carbocycles. The Morgan fingerprint density at radius 2 is 2.22 bits per heavy atom. The number of hydrogen-bond acceptors (Lipinski definition) is 6. The molecule has 0 fully saturated rings. The Balaban J connectivity index is 1.53. The largest absolute Gasteiger partial charge is 0.441 e.